The van der Waals surface area contributed by atoms with Gasteiger partial charge in [0.05, 0.1) is 7.11 Å². The summed E-state index contributed by atoms with van der Waals surface area (Å²) in [5.74, 6) is 4.87. The molecular formula is C12H13ClN2O3. The summed E-state index contributed by atoms with van der Waals surface area (Å²) in [6.45, 7) is 0. The van der Waals surface area contributed by atoms with Crippen LogP contribution < -0.4 is 5.84 Å². The lowest BCUT2D eigenvalue weighted by molar-refractivity contribution is -0.157. The van der Waals surface area contributed by atoms with E-state index < -0.39 is 11.6 Å². The van der Waals surface area contributed by atoms with Crippen LogP contribution in [0.25, 0.3) is 0 Å². The van der Waals surface area contributed by atoms with Gasteiger partial charge in [0.1, 0.15) is 5.71 Å². The summed E-state index contributed by atoms with van der Waals surface area (Å²) >= 11 is 5.94. The highest BCUT2D eigenvalue weighted by Gasteiger charge is 2.51. The molecule has 0 saturated heterocycles. The average molecular weight is 269 g/mol. The number of ether oxygens (including phenoxy) is 2. The van der Waals surface area contributed by atoms with Crippen molar-refractivity contribution in [2.24, 2.45) is 10.9 Å². The molecule has 1 aromatic rings. The number of benzene rings is 1. The third-order valence-electron chi connectivity index (χ3n) is 3.14. The van der Waals surface area contributed by atoms with E-state index in [-0.39, 0.29) is 0 Å². The Kier molecular flexibility index (Phi) is 3.28. The van der Waals surface area contributed by atoms with Crippen molar-refractivity contribution < 1.29 is 14.3 Å². The van der Waals surface area contributed by atoms with Gasteiger partial charge in [-0.1, -0.05) is 17.7 Å². The molecular weight excluding hydrogens is 256 g/mol. The Morgan fingerprint density at radius 3 is 2.78 bits per heavy atom. The molecule has 1 atom stereocenters. The zero-order valence-electron chi connectivity index (χ0n) is 10.1. The van der Waals surface area contributed by atoms with Crippen LogP contribution in [0.4, 0.5) is 0 Å². The number of halogens is 1. The number of rotatable bonds is 2. The van der Waals surface area contributed by atoms with E-state index in [0.29, 0.717) is 17.2 Å². The van der Waals surface area contributed by atoms with Crippen molar-refractivity contribution in [1.82, 2.24) is 0 Å². The zero-order valence-corrected chi connectivity index (χ0v) is 10.8. The van der Waals surface area contributed by atoms with Crippen molar-refractivity contribution in [2.45, 2.75) is 12.0 Å². The van der Waals surface area contributed by atoms with Gasteiger partial charge in [-0.25, -0.2) is 4.79 Å². The molecule has 1 aliphatic carbocycles. The molecule has 96 valence electrons. The van der Waals surface area contributed by atoms with Crippen LogP contribution in [0.5, 0.6) is 0 Å². The van der Waals surface area contributed by atoms with E-state index in [4.69, 9.17) is 26.9 Å². The molecule has 0 spiro atoms. The van der Waals surface area contributed by atoms with Gasteiger partial charge in [0.2, 0.25) is 5.60 Å². The highest BCUT2D eigenvalue weighted by atomic mass is 35.5. The Labute approximate surface area is 110 Å². The fourth-order valence-corrected chi connectivity index (χ4v) is 2.46. The SMILES string of the molecule is COC(=O)C1(OC)Cc2cc(Cl)ccc2/C1=N/N. The first-order valence-electron chi connectivity index (χ1n) is 5.29. The smallest absolute Gasteiger partial charge is 0.344 e. The molecule has 1 aliphatic rings. The Hall–Kier alpha value is -1.59. The van der Waals surface area contributed by atoms with Crippen molar-refractivity contribution >= 4 is 23.3 Å². The first-order valence-corrected chi connectivity index (χ1v) is 5.67. The minimum atomic E-state index is -1.28. The van der Waals surface area contributed by atoms with Crippen LogP contribution in [0.1, 0.15) is 11.1 Å². The van der Waals surface area contributed by atoms with Crippen LogP contribution in [-0.2, 0) is 20.7 Å². The number of hydrogen-bond acceptors (Lipinski definition) is 5. The molecule has 1 unspecified atom stereocenters. The molecule has 0 fully saturated rings. The van der Waals surface area contributed by atoms with E-state index in [1.807, 2.05) is 0 Å². The van der Waals surface area contributed by atoms with E-state index in [0.717, 1.165) is 11.1 Å². The molecule has 0 heterocycles. The van der Waals surface area contributed by atoms with E-state index >= 15 is 0 Å². The highest BCUT2D eigenvalue weighted by Crippen LogP contribution is 2.35. The first kappa shape index (κ1) is 12.9. The largest absolute Gasteiger partial charge is 0.467 e. The summed E-state index contributed by atoms with van der Waals surface area (Å²) in [5, 5.41) is 4.28. The normalized spacial score (nSPS) is 24.1. The van der Waals surface area contributed by atoms with Gasteiger partial charge >= 0.3 is 5.97 Å². The third-order valence-corrected chi connectivity index (χ3v) is 3.37. The summed E-state index contributed by atoms with van der Waals surface area (Å²) in [6.07, 6.45) is 0.308. The second-order valence-corrected chi connectivity index (χ2v) is 4.42. The number of methoxy groups -OCH3 is 2. The van der Waals surface area contributed by atoms with Crippen molar-refractivity contribution in [1.29, 1.82) is 0 Å². The number of hydrogen-bond donors (Lipinski definition) is 1. The van der Waals surface area contributed by atoms with Crippen molar-refractivity contribution in [3.05, 3.63) is 34.3 Å². The van der Waals surface area contributed by atoms with E-state index in [2.05, 4.69) is 5.10 Å². The lowest BCUT2D eigenvalue weighted by Crippen LogP contribution is -2.48. The maximum Gasteiger partial charge on any atom is 0.344 e. The zero-order chi connectivity index (χ0) is 13.3. The maximum absolute atomic E-state index is 12.0. The third kappa shape index (κ3) is 1.67. The van der Waals surface area contributed by atoms with Gasteiger partial charge in [0, 0.05) is 24.1 Å². The number of fused-ring (bicyclic) bond motifs is 1. The van der Waals surface area contributed by atoms with Gasteiger partial charge < -0.3 is 15.3 Å². The highest BCUT2D eigenvalue weighted by molar-refractivity contribution is 6.31. The Bertz CT molecular complexity index is 530. The quantitative estimate of drug-likeness (QED) is 0.495. The topological polar surface area (TPSA) is 73.9 Å². The van der Waals surface area contributed by atoms with E-state index in [9.17, 15) is 4.79 Å². The Morgan fingerprint density at radius 2 is 2.22 bits per heavy atom. The molecule has 0 aliphatic heterocycles. The second-order valence-electron chi connectivity index (χ2n) is 3.98. The fraction of sp³-hybridized carbons (Fsp3) is 0.333. The second kappa shape index (κ2) is 4.59. The standard InChI is InChI=1S/C12H13ClN2O3/c1-17-11(16)12(18-2)6-7-5-8(13)3-4-9(7)10(12)15-14/h3-5H,6,14H2,1-2H3/b15-10-. The summed E-state index contributed by atoms with van der Waals surface area (Å²) in [4.78, 5) is 12.0. The van der Waals surface area contributed by atoms with Crippen LogP contribution in [0.15, 0.2) is 23.3 Å². The molecule has 2 rings (SSSR count). The molecule has 5 nitrogen and oxygen atoms in total. The average Bonchev–Trinajstić information content (AvgIpc) is 2.71. The molecule has 0 radical (unpaired) electrons. The van der Waals surface area contributed by atoms with Gasteiger partial charge in [-0.2, -0.15) is 5.10 Å². The predicted octanol–water partition coefficient (Wildman–Crippen LogP) is 1.12. The predicted molar refractivity (Wildman–Crippen MR) is 67.6 cm³/mol. The van der Waals surface area contributed by atoms with Crippen LogP contribution in [-0.4, -0.2) is 31.5 Å². The molecule has 2 N–H and O–H groups in total. The van der Waals surface area contributed by atoms with E-state index in [1.165, 1.54) is 14.2 Å². The molecule has 0 amide bonds. The number of hydrazone groups is 1. The molecule has 0 saturated carbocycles. The number of nitrogens with two attached hydrogens (primary N) is 1. The number of esters is 1. The van der Waals surface area contributed by atoms with E-state index in [1.54, 1.807) is 18.2 Å². The van der Waals surface area contributed by atoms with Crippen LogP contribution in [0.2, 0.25) is 5.02 Å². The monoisotopic (exact) mass is 268 g/mol. The molecule has 6 heteroatoms. The molecule has 1 aromatic carbocycles. The van der Waals surface area contributed by atoms with Crippen LogP contribution in [0, 0.1) is 0 Å². The summed E-state index contributed by atoms with van der Waals surface area (Å²) in [6, 6.07) is 5.26. The van der Waals surface area contributed by atoms with Gasteiger partial charge in [-0.15, -0.1) is 0 Å². The summed E-state index contributed by atoms with van der Waals surface area (Å²) in [5.41, 5.74) is 0.702. The molecule has 0 aromatic heterocycles. The summed E-state index contributed by atoms with van der Waals surface area (Å²) in [7, 11) is 2.72. The van der Waals surface area contributed by atoms with Crippen LogP contribution >= 0.6 is 11.6 Å². The molecule has 0 bridgehead atoms. The van der Waals surface area contributed by atoms with Crippen molar-refractivity contribution in [2.75, 3.05) is 14.2 Å². The summed E-state index contributed by atoms with van der Waals surface area (Å²) < 4.78 is 10.1. The van der Waals surface area contributed by atoms with Gasteiger partial charge in [-0.05, 0) is 17.7 Å². The number of carbonyl (C=O) groups is 1. The lowest BCUT2D eigenvalue weighted by Gasteiger charge is -2.24. The fourth-order valence-electron chi connectivity index (χ4n) is 2.27. The van der Waals surface area contributed by atoms with Gasteiger partial charge in [0.15, 0.2) is 0 Å². The Balaban J connectivity index is 2.59. The molecule has 18 heavy (non-hydrogen) atoms. The first-order chi connectivity index (χ1) is 8.58. The minimum Gasteiger partial charge on any atom is -0.467 e. The minimum absolute atomic E-state index is 0.308. The van der Waals surface area contributed by atoms with Gasteiger partial charge in [-0.3, -0.25) is 0 Å². The van der Waals surface area contributed by atoms with Crippen molar-refractivity contribution in [3.8, 4) is 0 Å². The lowest BCUT2D eigenvalue weighted by atomic mass is 9.98. The maximum atomic E-state index is 12.0. The van der Waals surface area contributed by atoms with Crippen LogP contribution in [0.3, 0.4) is 0 Å². The number of nitrogens with zero attached hydrogens (tertiary/aromatic N) is 1. The van der Waals surface area contributed by atoms with Gasteiger partial charge in [0.25, 0.3) is 0 Å². The Morgan fingerprint density at radius 1 is 1.50 bits per heavy atom. The van der Waals surface area contributed by atoms with Crippen molar-refractivity contribution in [3.63, 3.8) is 0 Å². The number of carbonyl (C=O) groups excluding carboxylic acids is 1.